The summed E-state index contributed by atoms with van der Waals surface area (Å²) in [5.74, 6) is 0.891. The van der Waals surface area contributed by atoms with Gasteiger partial charge in [0.05, 0.1) is 12.2 Å². The SMILES string of the molecule is OC1C[C@@H]2[C@@H](C=C[C@@H](COc3ccccc3)OC3CCCCO3)[C@H](O)C[C@@H]2O1. The molecule has 2 heterocycles. The molecular formula is C22H30O6. The Morgan fingerprint density at radius 2 is 2.00 bits per heavy atom. The molecule has 0 spiro atoms. The van der Waals surface area contributed by atoms with Crippen molar-refractivity contribution >= 4 is 0 Å². The zero-order chi connectivity index (χ0) is 19.3. The third-order valence-corrected chi connectivity index (χ3v) is 5.87. The molecule has 0 radical (unpaired) electrons. The number of hydrogen-bond donors (Lipinski definition) is 2. The maximum absolute atomic E-state index is 10.4. The van der Waals surface area contributed by atoms with Gasteiger partial charge in [-0.3, -0.25) is 0 Å². The molecule has 1 aliphatic carbocycles. The fraction of sp³-hybridized carbons (Fsp3) is 0.636. The van der Waals surface area contributed by atoms with Crippen LogP contribution in [0, 0.1) is 11.8 Å². The van der Waals surface area contributed by atoms with Crippen molar-refractivity contribution in [2.24, 2.45) is 11.8 Å². The molecule has 28 heavy (non-hydrogen) atoms. The molecule has 0 amide bonds. The van der Waals surface area contributed by atoms with Gasteiger partial charge in [0.2, 0.25) is 0 Å². The normalized spacial score (nSPS) is 36.5. The van der Waals surface area contributed by atoms with Gasteiger partial charge in [-0.15, -0.1) is 0 Å². The van der Waals surface area contributed by atoms with Crippen molar-refractivity contribution < 1.29 is 29.2 Å². The summed E-state index contributed by atoms with van der Waals surface area (Å²) >= 11 is 0. The number of hydrogen-bond acceptors (Lipinski definition) is 6. The number of ether oxygens (including phenoxy) is 4. The minimum Gasteiger partial charge on any atom is -0.491 e. The number of rotatable bonds is 7. The van der Waals surface area contributed by atoms with Gasteiger partial charge in [0.25, 0.3) is 0 Å². The van der Waals surface area contributed by atoms with E-state index in [4.69, 9.17) is 18.9 Å². The number of aliphatic hydroxyl groups excluding tert-OH is 2. The van der Waals surface area contributed by atoms with Crippen LogP contribution >= 0.6 is 0 Å². The summed E-state index contributed by atoms with van der Waals surface area (Å²) in [5, 5.41) is 20.2. The van der Waals surface area contributed by atoms with E-state index in [-0.39, 0.29) is 30.3 Å². The molecule has 0 bridgehead atoms. The Bertz CT molecular complexity index is 629. The van der Waals surface area contributed by atoms with Crippen molar-refractivity contribution in [3.8, 4) is 5.75 Å². The molecule has 1 aromatic carbocycles. The van der Waals surface area contributed by atoms with E-state index >= 15 is 0 Å². The van der Waals surface area contributed by atoms with Crippen molar-refractivity contribution in [2.45, 2.75) is 63.0 Å². The highest BCUT2D eigenvalue weighted by molar-refractivity contribution is 5.21. The standard InChI is InChI=1S/C22H30O6/c23-19-13-20-18(12-21(24)28-20)17(19)10-9-16(27-22-8-4-5-11-25-22)14-26-15-6-2-1-3-7-15/h1-3,6-7,9-10,16-24H,4-5,8,11-14H2/t16-,17+,18+,19+,20-,21?,22?/m0/s1. The molecule has 6 heteroatoms. The maximum Gasteiger partial charge on any atom is 0.158 e. The van der Waals surface area contributed by atoms with Gasteiger partial charge in [-0.2, -0.15) is 0 Å². The quantitative estimate of drug-likeness (QED) is 0.697. The molecule has 1 aromatic rings. The van der Waals surface area contributed by atoms with Crippen LogP contribution in [-0.2, 0) is 14.2 Å². The lowest BCUT2D eigenvalue weighted by Gasteiger charge is -2.27. The molecule has 2 N–H and O–H groups in total. The Morgan fingerprint density at radius 1 is 1.14 bits per heavy atom. The van der Waals surface area contributed by atoms with Gasteiger partial charge in [-0.25, -0.2) is 0 Å². The zero-order valence-corrected chi connectivity index (χ0v) is 16.1. The van der Waals surface area contributed by atoms with Crippen LogP contribution in [-0.4, -0.2) is 54.3 Å². The summed E-state index contributed by atoms with van der Waals surface area (Å²) in [4.78, 5) is 0. The van der Waals surface area contributed by atoms with Gasteiger partial charge >= 0.3 is 0 Å². The van der Waals surface area contributed by atoms with Crippen molar-refractivity contribution in [1.29, 1.82) is 0 Å². The Morgan fingerprint density at radius 3 is 2.79 bits per heavy atom. The van der Waals surface area contributed by atoms with E-state index < -0.39 is 12.4 Å². The predicted molar refractivity (Wildman–Crippen MR) is 103 cm³/mol. The third-order valence-electron chi connectivity index (χ3n) is 5.87. The van der Waals surface area contributed by atoms with Crippen molar-refractivity contribution in [3.05, 3.63) is 42.5 Å². The van der Waals surface area contributed by atoms with Crippen LogP contribution in [0.1, 0.15) is 32.1 Å². The third kappa shape index (κ3) is 4.93. The highest BCUT2D eigenvalue weighted by Gasteiger charge is 2.47. The first kappa shape index (κ1) is 19.9. The predicted octanol–water partition coefficient (Wildman–Crippen LogP) is 2.64. The van der Waals surface area contributed by atoms with Crippen LogP contribution in [0.4, 0.5) is 0 Å². The van der Waals surface area contributed by atoms with Crippen LogP contribution in [0.15, 0.2) is 42.5 Å². The highest BCUT2D eigenvalue weighted by atomic mass is 16.7. The molecule has 1 saturated carbocycles. The average molecular weight is 390 g/mol. The molecule has 3 aliphatic rings. The summed E-state index contributed by atoms with van der Waals surface area (Å²) in [6.45, 7) is 1.09. The van der Waals surface area contributed by atoms with Crippen LogP contribution in [0.2, 0.25) is 0 Å². The molecule has 154 valence electrons. The minimum atomic E-state index is -0.720. The molecule has 2 aliphatic heterocycles. The number of aliphatic hydroxyl groups is 2. The second-order valence-corrected chi connectivity index (χ2v) is 7.89. The van der Waals surface area contributed by atoms with E-state index in [9.17, 15) is 10.2 Å². The second kappa shape index (κ2) is 9.37. The van der Waals surface area contributed by atoms with Crippen LogP contribution in [0.3, 0.4) is 0 Å². The van der Waals surface area contributed by atoms with Gasteiger partial charge in [0.1, 0.15) is 18.5 Å². The Hall–Kier alpha value is -1.44. The number of fused-ring (bicyclic) bond motifs is 1. The van der Waals surface area contributed by atoms with Crippen LogP contribution < -0.4 is 4.74 Å². The van der Waals surface area contributed by atoms with Gasteiger partial charge in [-0.1, -0.05) is 30.4 Å². The zero-order valence-electron chi connectivity index (χ0n) is 16.1. The fourth-order valence-corrected chi connectivity index (χ4v) is 4.43. The smallest absolute Gasteiger partial charge is 0.158 e. The maximum atomic E-state index is 10.4. The van der Waals surface area contributed by atoms with E-state index in [0.29, 0.717) is 19.4 Å². The molecule has 6 nitrogen and oxygen atoms in total. The molecule has 2 saturated heterocycles. The highest BCUT2D eigenvalue weighted by Crippen LogP contribution is 2.43. The Balaban J connectivity index is 1.40. The largest absolute Gasteiger partial charge is 0.491 e. The van der Waals surface area contributed by atoms with Gasteiger partial charge in [0, 0.05) is 25.4 Å². The number of benzene rings is 1. The topological polar surface area (TPSA) is 77.4 Å². The lowest BCUT2D eigenvalue weighted by Crippen LogP contribution is -2.30. The van der Waals surface area contributed by atoms with E-state index in [1.165, 1.54) is 0 Å². The lowest BCUT2D eigenvalue weighted by molar-refractivity contribution is -0.182. The van der Waals surface area contributed by atoms with E-state index in [1.807, 2.05) is 42.5 Å². The van der Waals surface area contributed by atoms with Crippen LogP contribution in [0.25, 0.3) is 0 Å². The van der Waals surface area contributed by atoms with E-state index in [0.717, 1.165) is 31.6 Å². The summed E-state index contributed by atoms with van der Waals surface area (Å²) in [6.07, 6.45) is 6.42. The first-order valence-electron chi connectivity index (χ1n) is 10.3. The molecule has 0 aromatic heterocycles. The number of para-hydroxylation sites is 1. The first-order valence-corrected chi connectivity index (χ1v) is 10.3. The molecule has 4 rings (SSSR count). The molecular weight excluding hydrogens is 360 g/mol. The fourth-order valence-electron chi connectivity index (χ4n) is 4.43. The summed E-state index contributed by atoms with van der Waals surface area (Å²) < 4.78 is 23.3. The average Bonchev–Trinajstić information content (AvgIpc) is 3.20. The molecule has 2 unspecified atom stereocenters. The van der Waals surface area contributed by atoms with Crippen molar-refractivity contribution in [2.75, 3.05) is 13.2 Å². The summed E-state index contributed by atoms with van der Waals surface area (Å²) in [5.41, 5.74) is 0. The Kier molecular flexibility index (Phi) is 6.65. The van der Waals surface area contributed by atoms with E-state index in [2.05, 4.69) is 0 Å². The minimum absolute atomic E-state index is 0.0442. The molecule has 7 atom stereocenters. The van der Waals surface area contributed by atoms with Gasteiger partial charge in [0.15, 0.2) is 12.6 Å². The summed E-state index contributed by atoms with van der Waals surface area (Å²) in [7, 11) is 0. The van der Waals surface area contributed by atoms with Crippen molar-refractivity contribution in [3.63, 3.8) is 0 Å². The monoisotopic (exact) mass is 390 g/mol. The van der Waals surface area contributed by atoms with Crippen molar-refractivity contribution in [1.82, 2.24) is 0 Å². The van der Waals surface area contributed by atoms with Crippen LogP contribution in [0.5, 0.6) is 5.75 Å². The second-order valence-electron chi connectivity index (χ2n) is 7.89. The lowest BCUT2D eigenvalue weighted by atomic mass is 9.91. The summed E-state index contributed by atoms with van der Waals surface area (Å²) in [6, 6.07) is 9.66. The van der Waals surface area contributed by atoms with E-state index in [1.54, 1.807) is 0 Å². The first-order chi connectivity index (χ1) is 13.7. The van der Waals surface area contributed by atoms with Gasteiger partial charge in [-0.05, 0) is 37.3 Å². The van der Waals surface area contributed by atoms with Gasteiger partial charge < -0.3 is 29.2 Å². The molecule has 3 fully saturated rings. The Labute approximate surface area is 166 Å².